The highest BCUT2D eigenvalue weighted by Gasteiger charge is 2.54. The van der Waals surface area contributed by atoms with E-state index in [9.17, 15) is 9.59 Å². The Morgan fingerprint density at radius 3 is 2.00 bits per heavy atom. The molecular weight excluding hydrogens is 290 g/mol. The fraction of sp³-hybridized carbons (Fsp3) is 0.579. The Bertz CT molecular complexity index is 599. The van der Waals surface area contributed by atoms with Gasteiger partial charge in [-0.1, -0.05) is 0 Å². The van der Waals surface area contributed by atoms with Gasteiger partial charge >= 0.3 is 0 Å². The van der Waals surface area contributed by atoms with Crippen LogP contribution in [-0.2, 0) is 4.79 Å². The van der Waals surface area contributed by atoms with E-state index in [0.29, 0.717) is 11.3 Å². The first-order chi connectivity index (χ1) is 11.0. The molecule has 4 aliphatic carbocycles. The van der Waals surface area contributed by atoms with Gasteiger partial charge in [-0.2, -0.15) is 0 Å². The molecule has 4 fully saturated rings. The van der Waals surface area contributed by atoms with Gasteiger partial charge in [-0.25, -0.2) is 0 Å². The summed E-state index contributed by atoms with van der Waals surface area (Å²) in [5.41, 5.74) is 5.56. The van der Waals surface area contributed by atoms with Gasteiger partial charge in [0.05, 0.1) is 0 Å². The second-order valence-electron chi connectivity index (χ2n) is 7.80. The molecule has 4 saturated carbocycles. The van der Waals surface area contributed by atoms with E-state index in [-0.39, 0.29) is 17.8 Å². The quantitative estimate of drug-likeness (QED) is 0.908. The number of carbonyl (C=O) groups is 2. The number of ether oxygens (including phenoxy) is 1. The number of hydrogen-bond acceptors (Lipinski definition) is 3. The molecular formula is C19H23NO3. The zero-order chi connectivity index (χ0) is 16.0. The normalized spacial score (nSPS) is 34.3. The van der Waals surface area contributed by atoms with Gasteiger partial charge in [0.2, 0.25) is 5.91 Å². The number of rotatable bonds is 5. The molecule has 5 rings (SSSR count). The highest BCUT2D eigenvalue weighted by atomic mass is 16.5. The van der Waals surface area contributed by atoms with Gasteiger partial charge in [-0.15, -0.1) is 0 Å². The smallest absolute Gasteiger partial charge is 0.248 e. The molecule has 0 spiro atoms. The second-order valence-corrected chi connectivity index (χ2v) is 7.80. The summed E-state index contributed by atoms with van der Waals surface area (Å²) in [4.78, 5) is 23.9. The average molecular weight is 313 g/mol. The summed E-state index contributed by atoms with van der Waals surface area (Å²) in [5.74, 6) is 2.73. The predicted molar refractivity (Wildman–Crippen MR) is 86.1 cm³/mol. The number of amides is 1. The maximum absolute atomic E-state index is 12.8. The summed E-state index contributed by atoms with van der Waals surface area (Å²) < 4.78 is 5.69. The van der Waals surface area contributed by atoms with E-state index in [1.165, 1.54) is 19.3 Å². The monoisotopic (exact) mass is 313 g/mol. The summed E-state index contributed by atoms with van der Waals surface area (Å²) in [7, 11) is 0. The Kier molecular flexibility index (Phi) is 3.43. The topological polar surface area (TPSA) is 69.4 Å². The molecule has 1 aromatic carbocycles. The number of nitrogens with two attached hydrogens (primary N) is 1. The van der Waals surface area contributed by atoms with Crippen LogP contribution in [0.1, 0.15) is 48.9 Å². The van der Waals surface area contributed by atoms with Crippen LogP contribution in [0.4, 0.5) is 0 Å². The SMILES string of the molecule is NC(=O)c1ccc(OCC(=O)C23CC4CC(CC(C4)C2)C3)cc1. The Morgan fingerprint density at radius 1 is 1.00 bits per heavy atom. The molecule has 1 amide bonds. The molecule has 1 aromatic rings. The maximum atomic E-state index is 12.8. The molecule has 0 unspecified atom stereocenters. The third kappa shape index (κ3) is 2.64. The van der Waals surface area contributed by atoms with E-state index in [4.69, 9.17) is 10.5 Å². The van der Waals surface area contributed by atoms with Gasteiger partial charge in [-0.3, -0.25) is 9.59 Å². The van der Waals surface area contributed by atoms with Gasteiger partial charge in [0.25, 0.3) is 0 Å². The number of carbonyl (C=O) groups excluding carboxylic acids is 2. The van der Waals surface area contributed by atoms with E-state index in [2.05, 4.69) is 0 Å². The van der Waals surface area contributed by atoms with Crippen molar-refractivity contribution in [3.63, 3.8) is 0 Å². The van der Waals surface area contributed by atoms with E-state index >= 15 is 0 Å². The van der Waals surface area contributed by atoms with Crippen LogP contribution in [0, 0.1) is 23.2 Å². The number of benzene rings is 1. The first-order valence-electron chi connectivity index (χ1n) is 8.60. The molecule has 0 atom stereocenters. The van der Waals surface area contributed by atoms with Gasteiger partial charge in [0.1, 0.15) is 12.4 Å². The lowest BCUT2D eigenvalue weighted by molar-refractivity contribution is -0.145. The summed E-state index contributed by atoms with van der Waals surface area (Å²) in [6.45, 7) is 0.141. The van der Waals surface area contributed by atoms with Crippen LogP contribution in [-0.4, -0.2) is 18.3 Å². The van der Waals surface area contributed by atoms with Crippen molar-refractivity contribution < 1.29 is 14.3 Å². The fourth-order valence-corrected chi connectivity index (χ4v) is 5.47. The van der Waals surface area contributed by atoms with Gasteiger partial charge in [0, 0.05) is 11.0 Å². The highest BCUT2D eigenvalue weighted by molar-refractivity contribution is 5.92. The molecule has 2 N–H and O–H groups in total. The molecule has 4 aliphatic rings. The lowest BCUT2D eigenvalue weighted by Crippen LogP contribution is -2.51. The van der Waals surface area contributed by atoms with Crippen molar-refractivity contribution in [3.05, 3.63) is 29.8 Å². The lowest BCUT2D eigenvalue weighted by atomic mass is 9.48. The Morgan fingerprint density at radius 2 is 1.52 bits per heavy atom. The molecule has 0 aromatic heterocycles. The zero-order valence-corrected chi connectivity index (χ0v) is 13.3. The minimum Gasteiger partial charge on any atom is -0.486 e. The first-order valence-corrected chi connectivity index (χ1v) is 8.60. The number of ketones is 1. The molecule has 122 valence electrons. The van der Waals surface area contributed by atoms with Crippen LogP contribution in [0.25, 0.3) is 0 Å². The number of primary amides is 1. The first kappa shape index (κ1) is 14.7. The van der Waals surface area contributed by atoms with Crippen LogP contribution < -0.4 is 10.5 Å². The number of Topliss-reactive ketones (excluding diaryl/α,β-unsaturated/α-hetero) is 1. The standard InChI is InChI=1S/C19H23NO3/c20-18(22)15-1-3-16(4-2-15)23-11-17(21)19-8-12-5-13(9-19)7-14(6-12)10-19/h1-4,12-14H,5-11H2,(H2,20,22). The second kappa shape index (κ2) is 5.36. The highest BCUT2D eigenvalue weighted by Crippen LogP contribution is 2.60. The van der Waals surface area contributed by atoms with Crippen LogP contribution in [0.3, 0.4) is 0 Å². The number of hydrogen-bond donors (Lipinski definition) is 1. The largest absolute Gasteiger partial charge is 0.486 e. The third-order valence-corrected chi connectivity index (χ3v) is 6.14. The third-order valence-electron chi connectivity index (χ3n) is 6.14. The van der Waals surface area contributed by atoms with E-state index in [1.807, 2.05) is 0 Å². The van der Waals surface area contributed by atoms with E-state index in [1.54, 1.807) is 24.3 Å². The fourth-order valence-electron chi connectivity index (χ4n) is 5.47. The van der Waals surface area contributed by atoms with E-state index in [0.717, 1.165) is 37.0 Å². The van der Waals surface area contributed by atoms with Crippen molar-refractivity contribution in [2.24, 2.45) is 28.9 Å². The molecule has 4 bridgehead atoms. The minimum atomic E-state index is -0.457. The maximum Gasteiger partial charge on any atom is 0.248 e. The molecule has 0 saturated heterocycles. The molecule has 0 heterocycles. The van der Waals surface area contributed by atoms with Crippen molar-refractivity contribution in [2.75, 3.05) is 6.61 Å². The summed E-state index contributed by atoms with van der Waals surface area (Å²) in [5, 5.41) is 0. The van der Waals surface area contributed by atoms with Gasteiger partial charge in [0.15, 0.2) is 5.78 Å². The van der Waals surface area contributed by atoms with Gasteiger partial charge < -0.3 is 10.5 Å². The predicted octanol–water partition coefficient (Wildman–Crippen LogP) is 2.95. The Hall–Kier alpha value is -1.84. The van der Waals surface area contributed by atoms with Crippen molar-refractivity contribution in [1.82, 2.24) is 0 Å². The minimum absolute atomic E-state index is 0.109. The van der Waals surface area contributed by atoms with Crippen LogP contribution >= 0.6 is 0 Å². The van der Waals surface area contributed by atoms with Crippen molar-refractivity contribution >= 4 is 11.7 Å². The lowest BCUT2D eigenvalue weighted by Gasteiger charge is -2.55. The Balaban J connectivity index is 1.41. The Labute approximate surface area is 136 Å². The molecule has 4 nitrogen and oxygen atoms in total. The van der Waals surface area contributed by atoms with Crippen molar-refractivity contribution in [3.8, 4) is 5.75 Å². The van der Waals surface area contributed by atoms with Crippen molar-refractivity contribution in [1.29, 1.82) is 0 Å². The van der Waals surface area contributed by atoms with Crippen molar-refractivity contribution in [2.45, 2.75) is 38.5 Å². The molecule has 4 heteroatoms. The molecule has 23 heavy (non-hydrogen) atoms. The summed E-state index contributed by atoms with van der Waals surface area (Å²) >= 11 is 0. The van der Waals surface area contributed by atoms with Crippen LogP contribution in [0.5, 0.6) is 5.75 Å². The van der Waals surface area contributed by atoms with Crippen LogP contribution in [0.2, 0.25) is 0 Å². The summed E-state index contributed by atoms with van der Waals surface area (Å²) in [6.07, 6.45) is 7.22. The zero-order valence-electron chi connectivity index (χ0n) is 13.3. The summed E-state index contributed by atoms with van der Waals surface area (Å²) in [6, 6.07) is 6.67. The molecule has 0 radical (unpaired) electrons. The molecule has 0 aliphatic heterocycles. The van der Waals surface area contributed by atoms with Gasteiger partial charge in [-0.05, 0) is 80.5 Å². The average Bonchev–Trinajstić information content (AvgIpc) is 2.51. The van der Waals surface area contributed by atoms with Crippen LogP contribution in [0.15, 0.2) is 24.3 Å². The van der Waals surface area contributed by atoms with E-state index < -0.39 is 5.91 Å².